The lowest BCUT2D eigenvalue weighted by Crippen LogP contribution is -2.22. The highest BCUT2D eigenvalue weighted by molar-refractivity contribution is 5.55. The largest absolute Gasteiger partial charge is 0.393 e. The molecule has 94 valence electrons. The van der Waals surface area contributed by atoms with E-state index in [0.29, 0.717) is 6.04 Å². The minimum absolute atomic E-state index is 0.158. The van der Waals surface area contributed by atoms with Crippen molar-refractivity contribution in [3.8, 4) is 11.4 Å². The number of aliphatic hydroxyl groups is 1. The zero-order valence-corrected chi connectivity index (χ0v) is 10.4. The van der Waals surface area contributed by atoms with Gasteiger partial charge >= 0.3 is 0 Å². The monoisotopic (exact) mass is 242 g/mol. The van der Waals surface area contributed by atoms with E-state index in [0.717, 1.165) is 37.1 Å². The molecule has 0 saturated heterocycles. The van der Waals surface area contributed by atoms with Crippen molar-refractivity contribution in [2.75, 3.05) is 0 Å². The Morgan fingerprint density at radius 2 is 2.00 bits per heavy atom. The predicted octanol–water partition coefficient (Wildman–Crippen LogP) is 3.03. The first-order valence-corrected chi connectivity index (χ1v) is 6.61. The SMILES string of the molecule is O[C@H]1CCC[C@@H](n2ccnc2-c2ccccc2)C1. The molecule has 3 rings (SSSR count). The van der Waals surface area contributed by atoms with Gasteiger partial charge in [-0.2, -0.15) is 0 Å². The van der Waals surface area contributed by atoms with Crippen LogP contribution in [-0.2, 0) is 0 Å². The Morgan fingerprint density at radius 3 is 2.78 bits per heavy atom. The molecule has 18 heavy (non-hydrogen) atoms. The smallest absolute Gasteiger partial charge is 0.140 e. The molecule has 2 aromatic rings. The van der Waals surface area contributed by atoms with Gasteiger partial charge in [0.05, 0.1) is 6.10 Å². The minimum Gasteiger partial charge on any atom is -0.393 e. The van der Waals surface area contributed by atoms with E-state index in [1.165, 1.54) is 0 Å². The van der Waals surface area contributed by atoms with Crippen LogP contribution in [0.1, 0.15) is 31.7 Å². The molecule has 0 unspecified atom stereocenters. The second-order valence-electron chi connectivity index (χ2n) is 5.00. The normalized spacial score (nSPS) is 24.1. The molecule has 1 N–H and O–H groups in total. The third-order valence-electron chi connectivity index (χ3n) is 3.71. The van der Waals surface area contributed by atoms with Crippen LogP contribution in [0.5, 0.6) is 0 Å². The lowest BCUT2D eigenvalue weighted by molar-refractivity contribution is 0.104. The molecule has 1 aromatic carbocycles. The van der Waals surface area contributed by atoms with Crippen LogP contribution in [0.2, 0.25) is 0 Å². The molecule has 0 amide bonds. The Kier molecular flexibility index (Phi) is 3.15. The number of aromatic nitrogens is 2. The quantitative estimate of drug-likeness (QED) is 0.879. The molecule has 3 heteroatoms. The molecule has 0 bridgehead atoms. The van der Waals surface area contributed by atoms with Crippen molar-refractivity contribution < 1.29 is 5.11 Å². The third-order valence-corrected chi connectivity index (χ3v) is 3.71. The number of benzene rings is 1. The van der Waals surface area contributed by atoms with Crippen molar-refractivity contribution >= 4 is 0 Å². The Bertz CT molecular complexity index is 506. The molecule has 1 fully saturated rings. The van der Waals surface area contributed by atoms with Gasteiger partial charge in [-0.3, -0.25) is 0 Å². The summed E-state index contributed by atoms with van der Waals surface area (Å²) >= 11 is 0. The Morgan fingerprint density at radius 1 is 1.17 bits per heavy atom. The highest BCUT2D eigenvalue weighted by atomic mass is 16.3. The summed E-state index contributed by atoms with van der Waals surface area (Å²) in [5.74, 6) is 1.01. The van der Waals surface area contributed by atoms with Crippen LogP contribution >= 0.6 is 0 Å². The summed E-state index contributed by atoms with van der Waals surface area (Å²) in [6, 6.07) is 10.6. The summed E-state index contributed by atoms with van der Waals surface area (Å²) in [7, 11) is 0. The van der Waals surface area contributed by atoms with E-state index in [1.54, 1.807) is 0 Å². The summed E-state index contributed by atoms with van der Waals surface area (Å²) in [6.45, 7) is 0. The van der Waals surface area contributed by atoms with E-state index in [1.807, 2.05) is 30.6 Å². The van der Waals surface area contributed by atoms with Crippen LogP contribution < -0.4 is 0 Å². The van der Waals surface area contributed by atoms with Crippen molar-refractivity contribution in [1.82, 2.24) is 9.55 Å². The molecular formula is C15H18N2O. The number of aliphatic hydroxyl groups excluding tert-OH is 1. The van der Waals surface area contributed by atoms with E-state index in [4.69, 9.17) is 0 Å². The van der Waals surface area contributed by atoms with Gasteiger partial charge in [-0.15, -0.1) is 0 Å². The van der Waals surface area contributed by atoms with E-state index < -0.39 is 0 Å². The minimum atomic E-state index is -0.158. The lowest BCUT2D eigenvalue weighted by Gasteiger charge is -2.28. The van der Waals surface area contributed by atoms with Crippen molar-refractivity contribution in [3.05, 3.63) is 42.7 Å². The maximum absolute atomic E-state index is 9.81. The molecule has 1 aliphatic rings. The first-order valence-electron chi connectivity index (χ1n) is 6.61. The topological polar surface area (TPSA) is 38.0 Å². The number of hydrogen-bond donors (Lipinski definition) is 1. The molecule has 0 aliphatic heterocycles. The van der Waals surface area contributed by atoms with Crippen molar-refractivity contribution in [2.24, 2.45) is 0 Å². The molecule has 1 saturated carbocycles. The van der Waals surface area contributed by atoms with Crippen LogP contribution in [0.15, 0.2) is 42.7 Å². The predicted molar refractivity (Wildman–Crippen MR) is 71.2 cm³/mol. The van der Waals surface area contributed by atoms with Gasteiger partial charge < -0.3 is 9.67 Å². The summed E-state index contributed by atoms with van der Waals surface area (Å²) < 4.78 is 2.22. The lowest BCUT2D eigenvalue weighted by atomic mass is 9.92. The van der Waals surface area contributed by atoms with Gasteiger partial charge in [0.15, 0.2) is 0 Å². The van der Waals surface area contributed by atoms with Crippen LogP contribution in [0.25, 0.3) is 11.4 Å². The number of hydrogen-bond acceptors (Lipinski definition) is 2. The second-order valence-corrected chi connectivity index (χ2v) is 5.00. The molecule has 1 heterocycles. The fourth-order valence-corrected chi connectivity index (χ4v) is 2.81. The second kappa shape index (κ2) is 4.94. The molecule has 0 spiro atoms. The summed E-state index contributed by atoms with van der Waals surface area (Å²) in [6.07, 6.45) is 7.73. The Balaban J connectivity index is 1.92. The highest BCUT2D eigenvalue weighted by Crippen LogP contribution is 2.31. The first-order chi connectivity index (χ1) is 8.84. The zero-order valence-electron chi connectivity index (χ0n) is 10.4. The third kappa shape index (κ3) is 2.18. The Hall–Kier alpha value is -1.61. The first kappa shape index (κ1) is 11.5. The van der Waals surface area contributed by atoms with E-state index in [2.05, 4.69) is 21.7 Å². The number of nitrogens with zero attached hydrogens (tertiary/aromatic N) is 2. The number of rotatable bonds is 2. The van der Waals surface area contributed by atoms with Gasteiger partial charge in [0.25, 0.3) is 0 Å². The van der Waals surface area contributed by atoms with Crippen molar-refractivity contribution in [2.45, 2.75) is 37.8 Å². The van der Waals surface area contributed by atoms with Crippen molar-refractivity contribution in [3.63, 3.8) is 0 Å². The average Bonchev–Trinajstić information content (AvgIpc) is 2.89. The van der Waals surface area contributed by atoms with Gasteiger partial charge in [0, 0.05) is 24.0 Å². The molecule has 0 radical (unpaired) electrons. The fourth-order valence-electron chi connectivity index (χ4n) is 2.81. The van der Waals surface area contributed by atoms with E-state index >= 15 is 0 Å². The molecule has 2 atom stereocenters. The van der Waals surface area contributed by atoms with Crippen LogP contribution in [0.4, 0.5) is 0 Å². The van der Waals surface area contributed by atoms with Gasteiger partial charge in [-0.1, -0.05) is 30.3 Å². The maximum atomic E-state index is 9.81. The van der Waals surface area contributed by atoms with E-state index in [-0.39, 0.29) is 6.10 Å². The van der Waals surface area contributed by atoms with Gasteiger partial charge in [-0.05, 0) is 25.7 Å². The summed E-state index contributed by atoms with van der Waals surface area (Å²) in [5.41, 5.74) is 1.14. The van der Waals surface area contributed by atoms with Crippen LogP contribution in [-0.4, -0.2) is 20.8 Å². The van der Waals surface area contributed by atoms with Crippen molar-refractivity contribution in [1.29, 1.82) is 0 Å². The zero-order chi connectivity index (χ0) is 12.4. The Labute approximate surface area is 107 Å². The standard InChI is InChI=1S/C15H18N2O/c18-14-8-4-7-13(11-14)17-10-9-16-15(17)12-5-2-1-3-6-12/h1-3,5-6,9-10,13-14,18H,4,7-8,11H2/t13-,14+/m1/s1. The van der Waals surface area contributed by atoms with Gasteiger partial charge in [0.2, 0.25) is 0 Å². The fraction of sp³-hybridized carbons (Fsp3) is 0.400. The molecule has 1 aromatic heterocycles. The summed E-state index contributed by atoms with van der Waals surface area (Å²) in [4.78, 5) is 4.47. The molecule has 3 nitrogen and oxygen atoms in total. The molecule has 1 aliphatic carbocycles. The summed E-state index contributed by atoms with van der Waals surface area (Å²) in [5, 5.41) is 9.81. The maximum Gasteiger partial charge on any atom is 0.140 e. The number of imidazole rings is 1. The van der Waals surface area contributed by atoms with E-state index in [9.17, 15) is 5.11 Å². The van der Waals surface area contributed by atoms with Crippen LogP contribution in [0, 0.1) is 0 Å². The highest BCUT2D eigenvalue weighted by Gasteiger charge is 2.23. The molecular weight excluding hydrogens is 224 g/mol. The van der Waals surface area contributed by atoms with Gasteiger partial charge in [0.1, 0.15) is 5.82 Å². The van der Waals surface area contributed by atoms with Crippen LogP contribution in [0.3, 0.4) is 0 Å². The van der Waals surface area contributed by atoms with Gasteiger partial charge in [-0.25, -0.2) is 4.98 Å². The average molecular weight is 242 g/mol.